The van der Waals surface area contributed by atoms with E-state index in [9.17, 15) is 4.79 Å². The maximum absolute atomic E-state index is 12.2. The third kappa shape index (κ3) is 3.25. The Hall–Kier alpha value is -2.24. The summed E-state index contributed by atoms with van der Waals surface area (Å²) < 4.78 is 6.82. The van der Waals surface area contributed by atoms with E-state index < -0.39 is 0 Å². The molecule has 0 unspecified atom stereocenters. The summed E-state index contributed by atoms with van der Waals surface area (Å²) in [6.07, 6.45) is 3.08. The number of carbonyl (C=O) groups is 1. The lowest BCUT2D eigenvalue weighted by molar-refractivity contribution is 0.0995. The molecule has 118 valence electrons. The third-order valence-corrected chi connectivity index (χ3v) is 4.24. The van der Waals surface area contributed by atoms with Gasteiger partial charge < -0.3 is 9.73 Å². The standard InChI is InChI=1S/C16H13Cl2N3O2/c1-10-6-8-23-15(10)16(22)20-13-5-7-19-21(13)9-11-3-2-4-12(17)14(11)18/h2-8H,9H2,1H3,(H,20,22). The Balaban J connectivity index is 1.81. The quantitative estimate of drug-likeness (QED) is 0.759. The summed E-state index contributed by atoms with van der Waals surface area (Å²) in [4.78, 5) is 12.2. The molecule has 0 aliphatic carbocycles. The van der Waals surface area contributed by atoms with Crippen molar-refractivity contribution in [3.05, 3.63) is 69.7 Å². The number of anilines is 1. The topological polar surface area (TPSA) is 60.1 Å². The van der Waals surface area contributed by atoms with E-state index in [0.717, 1.165) is 11.1 Å². The highest BCUT2D eigenvalue weighted by Gasteiger charge is 2.15. The first kappa shape index (κ1) is 15.6. The van der Waals surface area contributed by atoms with Gasteiger partial charge in [0.15, 0.2) is 5.76 Å². The number of hydrogen-bond acceptors (Lipinski definition) is 3. The van der Waals surface area contributed by atoms with Crippen LogP contribution in [0.4, 0.5) is 5.82 Å². The highest BCUT2D eigenvalue weighted by molar-refractivity contribution is 6.42. The molecule has 0 spiro atoms. The second-order valence-corrected chi connectivity index (χ2v) is 5.76. The summed E-state index contributed by atoms with van der Waals surface area (Å²) in [5.74, 6) is 0.492. The van der Waals surface area contributed by atoms with Crippen molar-refractivity contribution < 1.29 is 9.21 Å². The molecule has 1 aromatic carbocycles. The zero-order valence-electron chi connectivity index (χ0n) is 12.2. The lowest BCUT2D eigenvalue weighted by Crippen LogP contribution is -2.16. The second kappa shape index (κ2) is 6.48. The number of aromatic nitrogens is 2. The third-order valence-electron chi connectivity index (χ3n) is 3.38. The van der Waals surface area contributed by atoms with Crippen molar-refractivity contribution in [2.75, 3.05) is 5.32 Å². The number of furan rings is 1. The Morgan fingerprint density at radius 1 is 1.30 bits per heavy atom. The molecule has 2 heterocycles. The van der Waals surface area contributed by atoms with Gasteiger partial charge in [-0.25, -0.2) is 4.68 Å². The molecule has 3 aromatic rings. The Labute approximate surface area is 142 Å². The monoisotopic (exact) mass is 349 g/mol. The molecular formula is C16H13Cl2N3O2. The van der Waals surface area contributed by atoms with Gasteiger partial charge in [0.2, 0.25) is 0 Å². The van der Waals surface area contributed by atoms with Crippen molar-refractivity contribution in [3.8, 4) is 0 Å². The van der Waals surface area contributed by atoms with Crippen LogP contribution in [0, 0.1) is 6.92 Å². The number of aryl methyl sites for hydroxylation is 1. The first-order valence-electron chi connectivity index (χ1n) is 6.86. The average molecular weight is 350 g/mol. The van der Waals surface area contributed by atoms with Gasteiger partial charge in [-0.2, -0.15) is 5.10 Å². The number of rotatable bonds is 4. The molecule has 2 aromatic heterocycles. The van der Waals surface area contributed by atoms with Crippen molar-refractivity contribution >= 4 is 34.9 Å². The van der Waals surface area contributed by atoms with E-state index in [-0.39, 0.29) is 11.7 Å². The molecule has 7 heteroatoms. The number of halogens is 2. The molecule has 5 nitrogen and oxygen atoms in total. The van der Waals surface area contributed by atoms with Crippen molar-refractivity contribution in [3.63, 3.8) is 0 Å². The normalized spacial score (nSPS) is 10.7. The van der Waals surface area contributed by atoms with Gasteiger partial charge in [0, 0.05) is 11.6 Å². The number of hydrogen-bond donors (Lipinski definition) is 1. The van der Waals surface area contributed by atoms with Crippen molar-refractivity contribution in [1.82, 2.24) is 9.78 Å². The summed E-state index contributed by atoms with van der Waals surface area (Å²) in [6, 6.07) is 8.83. The number of amides is 1. The Morgan fingerprint density at radius 3 is 2.87 bits per heavy atom. The van der Waals surface area contributed by atoms with Gasteiger partial charge in [-0.1, -0.05) is 35.3 Å². The number of benzene rings is 1. The summed E-state index contributed by atoms with van der Waals surface area (Å²) in [7, 11) is 0. The smallest absolute Gasteiger partial charge is 0.292 e. The molecule has 23 heavy (non-hydrogen) atoms. The number of carbonyl (C=O) groups excluding carboxylic acids is 1. The zero-order valence-corrected chi connectivity index (χ0v) is 13.7. The van der Waals surface area contributed by atoms with Gasteiger partial charge in [0.05, 0.1) is 29.1 Å². The van der Waals surface area contributed by atoms with Gasteiger partial charge in [-0.15, -0.1) is 0 Å². The van der Waals surface area contributed by atoms with E-state index in [2.05, 4.69) is 10.4 Å². The first-order chi connectivity index (χ1) is 11.1. The predicted octanol–water partition coefficient (Wildman–Crippen LogP) is 4.39. The zero-order chi connectivity index (χ0) is 16.4. The maximum atomic E-state index is 12.2. The maximum Gasteiger partial charge on any atom is 0.292 e. The molecule has 0 fully saturated rings. The first-order valence-corrected chi connectivity index (χ1v) is 7.62. The number of nitrogens with zero attached hydrogens (tertiary/aromatic N) is 2. The molecule has 3 rings (SSSR count). The fourth-order valence-electron chi connectivity index (χ4n) is 2.18. The van der Waals surface area contributed by atoms with Crippen LogP contribution in [0.5, 0.6) is 0 Å². The predicted molar refractivity (Wildman–Crippen MR) is 89.2 cm³/mol. The Kier molecular flexibility index (Phi) is 4.41. The van der Waals surface area contributed by atoms with Crippen molar-refractivity contribution in [2.24, 2.45) is 0 Å². The van der Waals surface area contributed by atoms with Crippen LogP contribution in [0.2, 0.25) is 10.0 Å². The minimum Gasteiger partial charge on any atom is -0.459 e. The lowest BCUT2D eigenvalue weighted by atomic mass is 10.2. The molecule has 0 aliphatic heterocycles. The minimum absolute atomic E-state index is 0.276. The van der Waals surface area contributed by atoms with E-state index >= 15 is 0 Å². The molecule has 0 radical (unpaired) electrons. The molecule has 1 amide bonds. The fourth-order valence-corrected chi connectivity index (χ4v) is 2.56. The van der Waals surface area contributed by atoms with Crippen LogP contribution < -0.4 is 5.32 Å². The molecule has 0 aliphatic rings. The van der Waals surface area contributed by atoms with E-state index in [0.29, 0.717) is 22.4 Å². The molecule has 0 atom stereocenters. The van der Waals surface area contributed by atoms with Gasteiger partial charge in [0.1, 0.15) is 5.82 Å². The van der Waals surface area contributed by atoms with E-state index in [4.69, 9.17) is 27.6 Å². The van der Waals surface area contributed by atoms with Gasteiger partial charge in [-0.3, -0.25) is 4.79 Å². The van der Waals surface area contributed by atoms with Crippen LogP contribution in [-0.4, -0.2) is 15.7 Å². The summed E-state index contributed by atoms with van der Waals surface area (Å²) in [6.45, 7) is 2.20. The van der Waals surface area contributed by atoms with E-state index in [1.807, 2.05) is 12.1 Å². The summed E-state index contributed by atoms with van der Waals surface area (Å²) in [5, 5.41) is 7.94. The number of nitrogens with one attached hydrogen (secondary N) is 1. The van der Waals surface area contributed by atoms with Crippen LogP contribution >= 0.6 is 23.2 Å². The summed E-state index contributed by atoms with van der Waals surface area (Å²) in [5.41, 5.74) is 1.58. The Bertz CT molecular complexity index is 855. The van der Waals surface area contributed by atoms with Crippen molar-refractivity contribution in [1.29, 1.82) is 0 Å². The van der Waals surface area contributed by atoms with Crippen LogP contribution in [0.25, 0.3) is 0 Å². The van der Waals surface area contributed by atoms with Gasteiger partial charge in [-0.05, 0) is 24.6 Å². The Morgan fingerprint density at radius 2 is 2.13 bits per heavy atom. The molecular weight excluding hydrogens is 337 g/mol. The van der Waals surface area contributed by atoms with Crippen LogP contribution in [-0.2, 0) is 6.54 Å². The summed E-state index contributed by atoms with van der Waals surface area (Å²) >= 11 is 12.2. The largest absolute Gasteiger partial charge is 0.459 e. The van der Waals surface area contributed by atoms with Crippen LogP contribution in [0.3, 0.4) is 0 Å². The molecule has 0 saturated heterocycles. The lowest BCUT2D eigenvalue weighted by Gasteiger charge is -2.10. The van der Waals surface area contributed by atoms with Crippen LogP contribution in [0.1, 0.15) is 21.7 Å². The fraction of sp³-hybridized carbons (Fsp3) is 0.125. The SMILES string of the molecule is Cc1ccoc1C(=O)Nc1ccnn1Cc1cccc(Cl)c1Cl. The van der Waals surface area contributed by atoms with Gasteiger partial charge in [0.25, 0.3) is 5.91 Å². The highest BCUT2D eigenvalue weighted by atomic mass is 35.5. The molecule has 1 N–H and O–H groups in total. The molecule has 0 saturated carbocycles. The van der Waals surface area contributed by atoms with Gasteiger partial charge >= 0.3 is 0 Å². The van der Waals surface area contributed by atoms with Crippen molar-refractivity contribution in [2.45, 2.75) is 13.5 Å². The van der Waals surface area contributed by atoms with E-state index in [1.165, 1.54) is 6.26 Å². The van der Waals surface area contributed by atoms with Crippen LogP contribution in [0.15, 0.2) is 47.2 Å². The molecule has 0 bridgehead atoms. The van der Waals surface area contributed by atoms with E-state index in [1.54, 1.807) is 36.0 Å². The average Bonchev–Trinajstić information content (AvgIpc) is 3.13. The minimum atomic E-state index is -0.327. The highest BCUT2D eigenvalue weighted by Crippen LogP contribution is 2.26. The second-order valence-electron chi connectivity index (χ2n) is 4.97.